The second kappa shape index (κ2) is 12.5. The number of para-hydroxylation sites is 2. The van der Waals surface area contributed by atoms with Crippen molar-refractivity contribution in [3.8, 4) is 44.9 Å². The molecule has 0 saturated carbocycles. The number of anilines is 3. The van der Waals surface area contributed by atoms with Gasteiger partial charge in [-0.15, -0.1) is 0 Å². The van der Waals surface area contributed by atoms with Crippen LogP contribution in [0.1, 0.15) is 22.3 Å². The maximum Gasteiger partial charge on any atom is 0.132 e. The van der Waals surface area contributed by atoms with Crippen LogP contribution in [-0.4, -0.2) is 0 Å². The van der Waals surface area contributed by atoms with Crippen LogP contribution in [0.2, 0.25) is 0 Å². The maximum atomic E-state index is 6.64. The molecular weight excluding hydrogens is 667 g/mol. The number of nitrogens with zero attached hydrogens (tertiary/aromatic N) is 1. The molecule has 2 nitrogen and oxygen atoms in total. The van der Waals surface area contributed by atoms with Crippen LogP contribution in [0.5, 0.6) is 11.5 Å². The van der Waals surface area contributed by atoms with E-state index in [9.17, 15) is 0 Å². The van der Waals surface area contributed by atoms with E-state index >= 15 is 0 Å². The van der Waals surface area contributed by atoms with Crippen molar-refractivity contribution in [1.82, 2.24) is 0 Å². The minimum absolute atomic E-state index is 0.560. The average molecular weight is 702 g/mol. The van der Waals surface area contributed by atoms with Crippen molar-refractivity contribution >= 4 is 27.8 Å². The van der Waals surface area contributed by atoms with Crippen molar-refractivity contribution in [3.05, 3.63) is 235 Å². The van der Waals surface area contributed by atoms with Gasteiger partial charge in [0.05, 0.1) is 11.1 Å². The van der Waals surface area contributed by atoms with E-state index in [2.05, 4.69) is 217 Å². The van der Waals surface area contributed by atoms with Crippen LogP contribution in [0.3, 0.4) is 0 Å². The van der Waals surface area contributed by atoms with Crippen molar-refractivity contribution in [3.63, 3.8) is 0 Å². The Morgan fingerprint density at radius 2 is 0.836 bits per heavy atom. The smallest absolute Gasteiger partial charge is 0.132 e. The summed E-state index contributed by atoms with van der Waals surface area (Å²) in [4.78, 5) is 2.44. The van der Waals surface area contributed by atoms with Crippen molar-refractivity contribution in [2.24, 2.45) is 0 Å². The Labute approximate surface area is 321 Å². The monoisotopic (exact) mass is 701 g/mol. The third-order valence-electron chi connectivity index (χ3n) is 11.5. The predicted molar refractivity (Wildman–Crippen MR) is 227 cm³/mol. The van der Waals surface area contributed by atoms with Gasteiger partial charge in [-0.25, -0.2) is 0 Å². The molecule has 0 saturated heterocycles. The van der Waals surface area contributed by atoms with Crippen LogP contribution >= 0.6 is 0 Å². The van der Waals surface area contributed by atoms with Gasteiger partial charge in [0.15, 0.2) is 0 Å². The lowest BCUT2D eigenvalue weighted by Gasteiger charge is -2.39. The third kappa shape index (κ3) is 4.75. The average Bonchev–Trinajstić information content (AvgIpc) is 3.54. The standard InChI is InChI=1S/C53H35NO/c1-3-15-36(16-4-1)37-27-29-39(30-28-37)54(50-34-33-41(38-17-5-2-6-18-38)42-19-7-8-21-45(42)50)40-31-32-44-43-20-9-10-22-46(43)53(49(44)35-40)47-23-11-13-25-51(47)55-52-26-14-12-24-48(52)53/h1-35H. The van der Waals surface area contributed by atoms with Crippen LogP contribution in [0.15, 0.2) is 212 Å². The molecule has 1 aliphatic heterocycles. The summed E-state index contributed by atoms with van der Waals surface area (Å²) in [5.41, 5.74) is 14.9. The molecule has 9 aromatic carbocycles. The third-order valence-corrected chi connectivity index (χ3v) is 11.5. The van der Waals surface area contributed by atoms with E-state index in [-0.39, 0.29) is 0 Å². The molecule has 11 rings (SSSR count). The lowest BCUT2D eigenvalue weighted by molar-refractivity contribution is 0.436. The van der Waals surface area contributed by atoms with Crippen molar-refractivity contribution in [2.75, 3.05) is 4.90 Å². The van der Waals surface area contributed by atoms with Gasteiger partial charge in [-0.2, -0.15) is 0 Å². The predicted octanol–water partition coefficient (Wildman–Crippen LogP) is 14.1. The van der Waals surface area contributed by atoms with E-state index in [1.54, 1.807) is 0 Å². The maximum absolute atomic E-state index is 6.64. The second-order valence-corrected chi connectivity index (χ2v) is 14.4. The normalized spacial score (nSPS) is 13.0. The molecule has 0 aromatic heterocycles. The van der Waals surface area contributed by atoms with Crippen LogP contribution in [-0.2, 0) is 5.41 Å². The Kier molecular flexibility index (Phi) is 7.11. The second-order valence-electron chi connectivity index (χ2n) is 14.4. The molecule has 0 bridgehead atoms. The molecule has 1 aliphatic carbocycles. The zero-order valence-corrected chi connectivity index (χ0v) is 30.1. The Balaban J connectivity index is 1.18. The first-order chi connectivity index (χ1) is 27.3. The lowest BCUT2D eigenvalue weighted by Crippen LogP contribution is -2.32. The summed E-state index contributed by atoms with van der Waals surface area (Å²) >= 11 is 0. The Morgan fingerprint density at radius 1 is 0.327 bits per heavy atom. The number of ether oxygens (including phenoxy) is 1. The van der Waals surface area contributed by atoms with Gasteiger partial charge >= 0.3 is 0 Å². The van der Waals surface area contributed by atoms with Gasteiger partial charge in [-0.3, -0.25) is 0 Å². The molecule has 0 amide bonds. The molecule has 0 atom stereocenters. The fourth-order valence-corrected chi connectivity index (χ4v) is 9.19. The summed E-state index contributed by atoms with van der Waals surface area (Å²) in [6, 6.07) is 76.9. The van der Waals surface area contributed by atoms with Gasteiger partial charge in [0.1, 0.15) is 11.5 Å². The summed E-state index contributed by atoms with van der Waals surface area (Å²) in [5.74, 6) is 1.79. The number of benzene rings is 9. The molecule has 2 aliphatic rings. The quantitative estimate of drug-likeness (QED) is 0.177. The summed E-state index contributed by atoms with van der Waals surface area (Å²) in [6.45, 7) is 0. The van der Waals surface area contributed by atoms with Crippen molar-refractivity contribution in [2.45, 2.75) is 5.41 Å². The number of hydrogen-bond acceptors (Lipinski definition) is 2. The molecule has 0 fully saturated rings. The van der Waals surface area contributed by atoms with Crippen molar-refractivity contribution < 1.29 is 4.74 Å². The first-order valence-electron chi connectivity index (χ1n) is 18.9. The fourth-order valence-electron chi connectivity index (χ4n) is 9.19. The Morgan fingerprint density at radius 3 is 1.55 bits per heavy atom. The highest BCUT2D eigenvalue weighted by molar-refractivity contribution is 6.06. The highest BCUT2D eigenvalue weighted by atomic mass is 16.5. The van der Waals surface area contributed by atoms with Gasteiger partial charge < -0.3 is 9.64 Å². The molecule has 1 heterocycles. The van der Waals surface area contributed by atoms with Gasteiger partial charge in [0.25, 0.3) is 0 Å². The SMILES string of the molecule is c1ccc(-c2ccc(N(c3ccc4c(c3)C3(c5ccccc5Oc5ccccc53)c3ccccc3-4)c3ccc(-c4ccccc4)c4ccccc34)cc2)cc1. The first kappa shape index (κ1) is 31.4. The molecule has 55 heavy (non-hydrogen) atoms. The van der Waals surface area contributed by atoms with Crippen LogP contribution in [0, 0.1) is 0 Å². The Bertz CT molecular complexity index is 2850. The van der Waals surface area contributed by atoms with Gasteiger partial charge in [-0.05, 0) is 92.4 Å². The molecule has 1 spiro atoms. The van der Waals surface area contributed by atoms with Crippen molar-refractivity contribution in [1.29, 1.82) is 0 Å². The summed E-state index contributed by atoms with van der Waals surface area (Å²) in [6.07, 6.45) is 0. The Hall–Kier alpha value is -7.16. The van der Waals surface area contributed by atoms with E-state index in [0.717, 1.165) is 39.7 Å². The minimum Gasteiger partial charge on any atom is -0.457 e. The minimum atomic E-state index is -0.560. The van der Waals surface area contributed by atoms with E-state index < -0.39 is 5.41 Å². The summed E-state index contributed by atoms with van der Waals surface area (Å²) in [5, 5.41) is 2.41. The number of fused-ring (bicyclic) bond motifs is 10. The first-order valence-corrected chi connectivity index (χ1v) is 18.9. The van der Waals surface area contributed by atoms with E-state index in [4.69, 9.17) is 4.74 Å². The molecule has 0 radical (unpaired) electrons. The number of rotatable bonds is 5. The zero-order valence-electron chi connectivity index (χ0n) is 30.1. The van der Waals surface area contributed by atoms with Crippen LogP contribution in [0.4, 0.5) is 17.1 Å². The molecule has 2 heteroatoms. The topological polar surface area (TPSA) is 12.5 Å². The largest absolute Gasteiger partial charge is 0.457 e. The lowest BCUT2D eigenvalue weighted by atomic mass is 9.66. The molecule has 0 N–H and O–H groups in total. The molecule has 9 aromatic rings. The van der Waals surface area contributed by atoms with Crippen LogP contribution < -0.4 is 9.64 Å². The van der Waals surface area contributed by atoms with Gasteiger partial charge in [0.2, 0.25) is 0 Å². The van der Waals surface area contributed by atoms with Gasteiger partial charge in [0, 0.05) is 27.9 Å². The van der Waals surface area contributed by atoms with E-state index in [1.807, 2.05) is 0 Å². The van der Waals surface area contributed by atoms with Crippen LogP contribution in [0.25, 0.3) is 44.2 Å². The fraction of sp³-hybridized carbons (Fsp3) is 0.0189. The summed E-state index contributed by atoms with van der Waals surface area (Å²) in [7, 11) is 0. The van der Waals surface area contributed by atoms with E-state index in [1.165, 1.54) is 55.3 Å². The highest BCUT2D eigenvalue weighted by Gasteiger charge is 2.51. The molecule has 0 unspecified atom stereocenters. The van der Waals surface area contributed by atoms with Gasteiger partial charge in [-0.1, -0.05) is 170 Å². The molecular formula is C53H35NO. The summed E-state index contributed by atoms with van der Waals surface area (Å²) < 4.78 is 6.64. The zero-order chi connectivity index (χ0) is 36.3. The number of hydrogen-bond donors (Lipinski definition) is 0. The molecule has 258 valence electrons. The van der Waals surface area contributed by atoms with E-state index in [0.29, 0.717) is 0 Å². The highest BCUT2D eigenvalue weighted by Crippen LogP contribution is 2.62.